The van der Waals surface area contributed by atoms with Crippen LogP contribution >= 0.6 is 0 Å². The summed E-state index contributed by atoms with van der Waals surface area (Å²) in [6.07, 6.45) is 8.68. The van der Waals surface area contributed by atoms with Gasteiger partial charge in [-0.1, -0.05) is 6.07 Å². The minimum Gasteiger partial charge on any atom is -0.352 e. The third kappa shape index (κ3) is 2.59. The number of pyridine rings is 2. The van der Waals surface area contributed by atoms with Crippen molar-refractivity contribution in [3.8, 4) is 11.1 Å². The molecule has 1 aliphatic heterocycles. The summed E-state index contributed by atoms with van der Waals surface area (Å²) >= 11 is 0. The van der Waals surface area contributed by atoms with Gasteiger partial charge in [0.15, 0.2) is 0 Å². The quantitative estimate of drug-likeness (QED) is 0.730. The smallest absolute Gasteiger partial charge is 0.131 e. The number of nitrogens with zero attached hydrogens (tertiary/aromatic N) is 5. The van der Waals surface area contributed by atoms with Gasteiger partial charge in [-0.2, -0.15) is 5.10 Å². The summed E-state index contributed by atoms with van der Waals surface area (Å²) in [5.41, 5.74) is 5.92. The Labute approximate surface area is 135 Å². The van der Waals surface area contributed by atoms with Gasteiger partial charge in [-0.05, 0) is 30.2 Å². The Balaban J connectivity index is 1.67. The number of anilines is 1. The largest absolute Gasteiger partial charge is 0.352 e. The van der Waals surface area contributed by atoms with Crippen LogP contribution in [0.2, 0.25) is 0 Å². The molecule has 0 spiro atoms. The molecule has 0 unspecified atom stereocenters. The van der Waals surface area contributed by atoms with Gasteiger partial charge in [-0.25, -0.2) is 4.98 Å². The van der Waals surface area contributed by atoms with Gasteiger partial charge in [0.1, 0.15) is 5.82 Å². The topological polar surface area (TPSA) is 46.8 Å². The molecule has 4 heterocycles. The predicted molar refractivity (Wildman–Crippen MR) is 90.2 cm³/mol. The molecule has 0 fully saturated rings. The molecule has 0 aromatic carbocycles. The molecule has 0 saturated heterocycles. The fourth-order valence-corrected chi connectivity index (χ4v) is 3.14. The van der Waals surface area contributed by atoms with Crippen LogP contribution in [0.5, 0.6) is 0 Å². The fraction of sp³-hybridized carbons (Fsp3) is 0.278. The van der Waals surface area contributed by atoms with Gasteiger partial charge in [0.25, 0.3) is 0 Å². The molecule has 0 N–H and O–H groups in total. The molecular weight excluding hydrogens is 286 g/mol. The standard InChI is InChI=1S/C18H19N5/c1-13-4-3-6-19-18(13)23-7-5-17-15(12-23)8-14(9-20-17)16-10-21-22(2)11-16/h3-4,6,8-11H,5,7,12H2,1-2H3. The lowest BCUT2D eigenvalue weighted by Crippen LogP contribution is -2.32. The summed E-state index contributed by atoms with van der Waals surface area (Å²) in [5, 5.41) is 4.25. The van der Waals surface area contributed by atoms with Crippen LogP contribution in [0.15, 0.2) is 43.0 Å². The first-order valence-corrected chi connectivity index (χ1v) is 7.84. The van der Waals surface area contributed by atoms with E-state index in [-0.39, 0.29) is 0 Å². The number of aromatic nitrogens is 4. The van der Waals surface area contributed by atoms with Crippen molar-refractivity contribution in [1.82, 2.24) is 19.7 Å². The van der Waals surface area contributed by atoms with Crippen LogP contribution in [-0.2, 0) is 20.0 Å². The van der Waals surface area contributed by atoms with E-state index in [0.717, 1.165) is 36.5 Å². The zero-order valence-electron chi connectivity index (χ0n) is 13.4. The number of rotatable bonds is 2. The Morgan fingerprint density at radius 2 is 2.04 bits per heavy atom. The summed E-state index contributed by atoms with van der Waals surface area (Å²) < 4.78 is 1.82. The normalized spacial score (nSPS) is 13.9. The lowest BCUT2D eigenvalue weighted by molar-refractivity contribution is 0.701. The lowest BCUT2D eigenvalue weighted by Gasteiger charge is -2.30. The SMILES string of the molecule is Cc1cccnc1N1CCc2ncc(-c3cnn(C)c3)cc2C1. The van der Waals surface area contributed by atoms with Crippen molar-refractivity contribution in [3.05, 3.63) is 59.8 Å². The second-order valence-electron chi connectivity index (χ2n) is 6.05. The molecule has 5 heteroatoms. The van der Waals surface area contributed by atoms with E-state index in [1.807, 2.05) is 42.6 Å². The molecule has 116 valence electrons. The minimum absolute atomic E-state index is 0.855. The van der Waals surface area contributed by atoms with Gasteiger partial charge in [0.05, 0.1) is 6.20 Å². The van der Waals surface area contributed by atoms with Gasteiger partial charge >= 0.3 is 0 Å². The van der Waals surface area contributed by atoms with Crippen molar-refractivity contribution < 1.29 is 0 Å². The van der Waals surface area contributed by atoms with E-state index >= 15 is 0 Å². The van der Waals surface area contributed by atoms with Crippen molar-refractivity contribution in [3.63, 3.8) is 0 Å². The van der Waals surface area contributed by atoms with Crippen LogP contribution in [-0.4, -0.2) is 26.3 Å². The zero-order chi connectivity index (χ0) is 15.8. The van der Waals surface area contributed by atoms with E-state index in [9.17, 15) is 0 Å². The molecule has 5 nitrogen and oxygen atoms in total. The van der Waals surface area contributed by atoms with Crippen molar-refractivity contribution in [2.75, 3.05) is 11.4 Å². The monoisotopic (exact) mass is 305 g/mol. The highest BCUT2D eigenvalue weighted by atomic mass is 15.2. The summed E-state index contributed by atoms with van der Waals surface area (Å²) in [4.78, 5) is 11.6. The fourth-order valence-electron chi connectivity index (χ4n) is 3.14. The summed E-state index contributed by atoms with van der Waals surface area (Å²) in [6, 6.07) is 6.34. The molecule has 0 saturated carbocycles. The van der Waals surface area contributed by atoms with Gasteiger partial charge in [-0.3, -0.25) is 9.67 Å². The minimum atomic E-state index is 0.855. The Hall–Kier alpha value is -2.69. The molecule has 0 radical (unpaired) electrons. The van der Waals surface area contributed by atoms with Crippen LogP contribution in [0, 0.1) is 6.92 Å². The van der Waals surface area contributed by atoms with Gasteiger partial charge in [0.2, 0.25) is 0 Å². The van der Waals surface area contributed by atoms with E-state index in [4.69, 9.17) is 0 Å². The number of fused-ring (bicyclic) bond motifs is 1. The number of hydrogen-bond acceptors (Lipinski definition) is 4. The summed E-state index contributed by atoms with van der Waals surface area (Å²) in [7, 11) is 1.93. The average Bonchev–Trinajstić information content (AvgIpc) is 3.01. The molecule has 3 aromatic rings. The Morgan fingerprint density at radius 3 is 2.83 bits per heavy atom. The van der Waals surface area contributed by atoms with Crippen LogP contribution < -0.4 is 4.90 Å². The lowest BCUT2D eigenvalue weighted by atomic mass is 10.0. The maximum Gasteiger partial charge on any atom is 0.131 e. The van der Waals surface area contributed by atoms with Crippen molar-refractivity contribution >= 4 is 5.82 Å². The van der Waals surface area contributed by atoms with Crippen molar-refractivity contribution in [2.24, 2.45) is 7.05 Å². The molecular formula is C18H19N5. The highest BCUT2D eigenvalue weighted by molar-refractivity contribution is 5.62. The van der Waals surface area contributed by atoms with Crippen LogP contribution in [0.4, 0.5) is 5.82 Å². The van der Waals surface area contributed by atoms with E-state index in [2.05, 4.69) is 39.0 Å². The molecule has 0 atom stereocenters. The van der Waals surface area contributed by atoms with Crippen LogP contribution in [0.3, 0.4) is 0 Å². The van der Waals surface area contributed by atoms with E-state index in [0.29, 0.717) is 0 Å². The molecule has 0 bridgehead atoms. The van der Waals surface area contributed by atoms with Crippen LogP contribution in [0.1, 0.15) is 16.8 Å². The maximum atomic E-state index is 4.67. The molecule has 23 heavy (non-hydrogen) atoms. The predicted octanol–water partition coefficient (Wildman–Crippen LogP) is 2.75. The second-order valence-corrected chi connectivity index (χ2v) is 6.05. The van der Waals surface area contributed by atoms with E-state index < -0.39 is 0 Å². The number of aryl methyl sites for hydroxylation is 2. The third-order valence-electron chi connectivity index (χ3n) is 4.36. The highest BCUT2D eigenvalue weighted by Crippen LogP contribution is 2.27. The summed E-state index contributed by atoms with van der Waals surface area (Å²) in [6.45, 7) is 3.93. The first-order valence-electron chi connectivity index (χ1n) is 7.84. The van der Waals surface area contributed by atoms with Crippen molar-refractivity contribution in [1.29, 1.82) is 0 Å². The summed E-state index contributed by atoms with van der Waals surface area (Å²) in [5.74, 6) is 1.07. The Kier molecular flexibility index (Phi) is 3.33. The van der Waals surface area contributed by atoms with Gasteiger partial charge < -0.3 is 4.90 Å². The third-order valence-corrected chi connectivity index (χ3v) is 4.36. The molecule has 3 aromatic heterocycles. The Bertz CT molecular complexity index is 852. The Morgan fingerprint density at radius 1 is 1.13 bits per heavy atom. The zero-order valence-corrected chi connectivity index (χ0v) is 13.4. The maximum absolute atomic E-state index is 4.67. The molecule has 1 aliphatic rings. The van der Waals surface area contributed by atoms with E-state index in [1.165, 1.54) is 16.8 Å². The van der Waals surface area contributed by atoms with Gasteiger partial charge in [-0.15, -0.1) is 0 Å². The van der Waals surface area contributed by atoms with Gasteiger partial charge in [0, 0.05) is 62.0 Å². The first kappa shape index (κ1) is 13.9. The first-order chi connectivity index (χ1) is 11.2. The highest BCUT2D eigenvalue weighted by Gasteiger charge is 2.20. The number of hydrogen-bond donors (Lipinski definition) is 0. The van der Waals surface area contributed by atoms with E-state index in [1.54, 1.807) is 0 Å². The molecule has 0 aliphatic carbocycles. The van der Waals surface area contributed by atoms with Crippen molar-refractivity contribution in [2.45, 2.75) is 19.9 Å². The second kappa shape index (κ2) is 5.50. The molecule has 4 rings (SSSR count). The molecule has 0 amide bonds. The van der Waals surface area contributed by atoms with Crippen LogP contribution in [0.25, 0.3) is 11.1 Å². The average molecular weight is 305 g/mol.